The van der Waals surface area contributed by atoms with Crippen LogP contribution in [0, 0.1) is 0 Å². The van der Waals surface area contributed by atoms with Crippen LogP contribution < -0.4 is 5.32 Å². The van der Waals surface area contributed by atoms with Crippen molar-refractivity contribution in [3.05, 3.63) is 0 Å². The van der Waals surface area contributed by atoms with Gasteiger partial charge in [0.2, 0.25) is 0 Å². The third-order valence-electron chi connectivity index (χ3n) is 2.70. The summed E-state index contributed by atoms with van der Waals surface area (Å²) in [6.45, 7) is 9.88. The molecule has 0 aromatic heterocycles. The average Bonchev–Trinajstić information content (AvgIpc) is 2.23. The first-order chi connectivity index (χ1) is 6.14. The van der Waals surface area contributed by atoms with E-state index in [4.69, 9.17) is 4.74 Å². The minimum Gasteiger partial charge on any atom is -0.383 e. The molecule has 0 aliphatic carbocycles. The number of hydrogen-bond donors (Lipinski definition) is 1. The van der Waals surface area contributed by atoms with E-state index < -0.39 is 0 Å². The maximum atomic E-state index is 5.08. The SMILES string of the molecule is COCCN1CCNC(C)(C)CC1. The third kappa shape index (κ3) is 4.07. The van der Waals surface area contributed by atoms with Crippen molar-refractivity contribution >= 4 is 0 Å². The summed E-state index contributed by atoms with van der Waals surface area (Å²) in [5.41, 5.74) is 0.307. The lowest BCUT2D eigenvalue weighted by Crippen LogP contribution is -2.39. The van der Waals surface area contributed by atoms with E-state index in [-0.39, 0.29) is 0 Å². The number of nitrogens with zero attached hydrogens (tertiary/aromatic N) is 1. The van der Waals surface area contributed by atoms with Crippen LogP contribution in [0.2, 0.25) is 0 Å². The zero-order valence-electron chi connectivity index (χ0n) is 9.10. The minimum atomic E-state index is 0.307. The van der Waals surface area contributed by atoms with E-state index in [1.807, 2.05) is 0 Å². The summed E-state index contributed by atoms with van der Waals surface area (Å²) in [6, 6.07) is 0. The number of nitrogens with one attached hydrogen (secondary N) is 1. The maximum Gasteiger partial charge on any atom is 0.0589 e. The highest BCUT2D eigenvalue weighted by molar-refractivity contribution is 4.82. The topological polar surface area (TPSA) is 24.5 Å². The van der Waals surface area contributed by atoms with Gasteiger partial charge in [0.05, 0.1) is 6.61 Å². The molecular weight excluding hydrogens is 164 g/mol. The third-order valence-corrected chi connectivity index (χ3v) is 2.70. The Bertz CT molecular complexity index is 148. The molecule has 0 bridgehead atoms. The molecule has 0 atom stereocenters. The normalized spacial score (nSPS) is 24.2. The van der Waals surface area contributed by atoms with E-state index in [0.29, 0.717) is 5.54 Å². The van der Waals surface area contributed by atoms with Crippen molar-refractivity contribution in [3.8, 4) is 0 Å². The van der Waals surface area contributed by atoms with Crippen LogP contribution in [0.3, 0.4) is 0 Å². The Morgan fingerprint density at radius 1 is 1.38 bits per heavy atom. The zero-order chi connectivity index (χ0) is 9.73. The maximum absolute atomic E-state index is 5.08. The van der Waals surface area contributed by atoms with Gasteiger partial charge in [0, 0.05) is 38.8 Å². The van der Waals surface area contributed by atoms with Crippen molar-refractivity contribution in [2.45, 2.75) is 25.8 Å². The highest BCUT2D eigenvalue weighted by Crippen LogP contribution is 2.11. The molecule has 0 aromatic rings. The molecule has 1 saturated heterocycles. The summed E-state index contributed by atoms with van der Waals surface area (Å²) in [7, 11) is 1.76. The van der Waals surface area contributed by atoms with Crippen molar-refractivity contribution in [3.63, 3.8) is 0 Å². The van der Waals surface area contributed by atoms with Crippen LogP contribution in [0.15, 0.2) is 0 Å². The lowest BCUT2D eigenvalue weighted by atomic mass is 10.0. The number of ether oxygens (including phenoxy) is 1. The van der Waals surface area contributed by atoms with Crippen LogP contribution in [0.25, 0.3) is 0 Å². The molecule has 3 nitrogen and oxygen atoms in total. The second kappa shape index (κ2) is 4.94. The largest absolute Gasteiger partial charge is 0.383 e. The van der Waals surface area contributed by atoms with Gasteiger partial charge in [-0.05, 0) is 20.3 Å². The van der Waals surface area contributed by atoms with Crippen LogP contribution in [-0.4, -0.2) is 50.3 Å². The zero-order valence-corrected chi connectivity index (χ0v) is 9.10. The van der Waals surface area contributed by atoms with E-state index in [0.717, 1.165) is 26.2 Å². The molecular formula is C10H22N2O. The molecule has 0 amide bonds. The number of hydrogen-bond acceptors (Lipinski definition) is 3. The number of methoxy groups -OCH3 is 1. The van der Waals surface area contributed by atoms with Gasteiger partial charge in [-0.1, -0.05) is 0 Å². The van der Waals surface area contributed by atoms with Crippen molar-refractivity contribution in [1.29, 1.82) is 0 Å². The van der Waals surface area contributed by atoms with Gasteiger partial charge in [-0.3, -0.25) is 4.90 Å². The lowest BCUT2D eigenvalue weighted by molar-refractivity contribution is 0.150. The average molecular weight is 186 g/mol. The van der Waals surface area contributed by atoms with Gasteiger partial charge in [0.15, 0.2) is 0 Å². The van der Waals surface area contributed by atoms with Crippen molar-refractivity contribution in [2.24, 2.45) is 0 Å². The molecule has 1 aliphatic rings. The fourth-order valence-electron chi connectivity index (χ4n) is 1.63. The molecule has 1 heterocycles. The van der Waals surface area contributed by atoms with Crippen molar-refractivity contribution in [1.82, 2.24) is 10.2 Å². The lowest BCUT2D eigenvalue weighted by Gasteiger charge is -2.23. The van der Waals surface area contributed by atoms with E-state index in [1.165, 1.54) is 13.0 Å². The molecule has 0 spiro atoms. The number of rotatable bonds is 3. The van der Waals surface area contributed by atoms with Crippen molar-refractivity contribution < 1.29 is 4.74 Å². The molecule has 1 rings (SSSR count). The first-order valence-corrected chi connectivity index (χ1v) is 5.10. The van der Waals surface area contributed by atoms with E-state index in [2.05, 4.69) is 24.1 Å². The van der Waals surface area contributed by atoms with E-state index >= 15 is 0 Å². The monoisotopic (exact) mass is 186 g/mol. The molecule has 13 heavy (non-hydrogen) atoms. The van der Waals surface area contributed by atoms with Crippen LogP contribution in [-0.2, 0) is 4.74 Å². The second-order valence-corrected chi connectivity index (χ2v) is 4.40. The fourth-order valence-corrected chi connectivity index (χ4v) is 1.63. The molecule has 1 N–H and O–H groups in total. The molecule has 3 heteroatoms. The Morgan fingerprint density at radius 2 is 2.15 bits per heavy atom. The van der Waals surface area contributed by atoms with Crippen LogP contribution in [0.1, 0.15) is 20.3 Å². The van der Waals surface area contributed by atoms with Crippen LogP contribution in [0.5, 0.6) is 0 Å². The Hall–Kier alpha value is -0.120. The predicted molar refractivity (Wildman–Crippen MR) is 55.0 cm³/mol. The van der Waals surface area contributed by atoms with Gasteiger partial charge in [0.25, 0.3) is 0 Å². The van der Waals surface area contributed by atoms with Gasteiger partial charge < -0.3 is 10.1 Å². The molecule has 0 unspecified atom stereocenters. The molecule has 1 fully saturated rings. The molecule has 0 saturated carbocycles. The van der Waals surface area contributed by atoms with Gasteiger partial charge in [-0.2, -0.15) is 0 Å². The highest BCUT2D eigenvalue weighted by atomic mass is 16.5. The Labute approximate surface area is 81.4 Å². The standard InChI is InChI=1S/C10H22N2O/c1-10(2)4-6-12(7-5-11-10)8-9-13-3/h11H,4-9H2,1-3H3. The Balaban J connectivity index is 2.28. The highest BCUT2D eigenvalue weighted by Gasteiger charge is 2.21. The second-order valence-electron chi connectivity index (χ2n) is 4.40. The first kappa shape index (κ1) is 11.0. The summed E-state index contributed by atoms with van der Waals surface area (Å²) in [5, 5.41) is 3.54. The minimum absolute atomic E-state index is 0.307. The van der Waals surface area contributed by atoms with E-state index in [1.54, 1.807) is 7.11 Å². The summed E-state index contributed by atoms with van der Waals surface area (Å²) < 4.78 is 5.08. The molecule has 0 aromatic carbocycles. The van der Waals surface area contributed by atoms with Crippen LogP contribution in [0.4, 0.5) is 0 Å². The van der Waals surface area contributed by atoms with Gasteiger partial charge in [-0.15, -0.1) is 0 Å². The summed E-state index contributed by atoms with van der Waals surface area (Å²) >= 11 is 0. The fraction of sp³-hybridized carbons (Fsp3) is 1.00. The van der Waals surface area contributed by atoms with Gasteiger partial charge in [-0.25, -0.2) is 0 Å². The van der Waals surface area contributed by atoms with Gasteiger partial charge in [0.1, 0.15) is 0 Å². The molecule has 78 valence electrons. The van der Waals surface area contributed by atoms with Crippen LogP contribution >= 0.6 is 0 Å². The van der Waals surface area contributed by atoms with Gasteiger partial charge >= 0.3 is 0 Å². The molecule has 0 radical (unpaired) electrons. The smallest absolute Gasteiger partial charge is 0.0589 e. The Kier molecular flexibility index (Phi) is 4.16. The van der Waals surface area contributed by atoms with Crippen molar-refractivity contribution in [2.75, 3.05) is 39.9 Å². The van der Waals surface area contributed by atoms with E-state index in [9.17, 15) is 0 Å². The summed E-state index contributed by atoms with van der Waals surface area (Å²) in [4.78, 5) is 2.46. The summed E-state index contributed by atoms with van der Waals surface area (Å²) in [6.07, 6.45) is 1.22. The first-order valence-electron chi connectivity index (χ1n) is 5.10. The quantitative estimate of drug-likeness (QED) is 0.702. The summed E-state index contributed by atoms with van der Waals surface area (Å²) in [5.74, 6) is 0. The molecule has 1 aliphatic heterocycles. The Morgan fingerprint density at radius 3 is 2.85 bits per heavy atom. The predicted octanol–water partition coefficient (Wildman–Crippen LogP) is 0.707.